The average Bonchev–Trinajstić information content (AvgIpc) is 2.35. The zero-order valence-corrected chi connectivity index (χ0v) is 11.7. The van der Waals surface area contributed by atoms with E-state index in [2.05, 4.69) is 25.8 Å². The molecule has 0 aliphatic carbocycles. The lowest BCUT2D eigenvalue weighted by Crippen LogP contribution is -1.98. The van der Waals surface area contributed by atoms with E-state index >= 15 is 0 Å². The molecule has 0 radical (unpaired) electrons. The van der Waals surface area contributed by atoms with Crippen molar-refractivity contribution in [3.8, 4) is 11.5 Å². The molecule has 3 nitrogen and oxygen atoms in total. The topological polar surface area (TPSA) is 41.8 Å². The van der Waals surface area contributed by atoms with Gasteiger partial charge in [0.2, 0.25) is 0 Å². The van der Waals surface area contributed by atoms with Gasteiger partial charge in [0.1, 0.15) is 11.5 Å². The molecule has 3 heteroatoms. The lowest BCUT2D eigenvalue weighted by atomic mass is 9.96. The molecule has 1 aromatic rings. The van der Waals surface area contributed by atoms with Crippen LogP contribution in [0.5, 0.6) is 11.5 Å². The highest BCUT2D eigenvalue weighted by atomic mass is 16.5. The van der Waals surface area contributed by atoms with E-state index in [1.165, 1.54) is 0 Å². The Hall–Kier alpha value is -1.51. The summed E-state index contributed by atoms with van der Waals surface area (Å²) in [7, 11) is 1.61. The van der Waals surface area contributed by atoms with Crippen LogP contribution in [0.2, 0.25) is 0 Å². The second-order valence-electron chi connectivity index (χ2n) is 4.69. The molecule has 18 heavy (non-hydrogen) atoms. The summed E-state index contributed by atoms with van der Waals surface area (Å²) < 4.78 is 5.18. The van der Waals surface area contributed by atoms with Gasteiger partial charge in [-0.1, -0.05) is 27.2 Å². The summed E-state index contributed by atoms with van der Waals surface area (Å²) in [5.74, 6) is 1.24. The van der Waals surface area contributed by atoms with Crippen LogP contribution < -0.4 is 4.74 Å². The molecule has 0 bridgehead atoms. The zero-order valence-electron chi connectivity index (χ0n) is 11.7. The summed E-state index contributed by atoms with van der Waals surface area (Å²) in [6.45, 7) is 7.13. The van der Waals surface area contributed by atoms with Gasteiger partial charge in [0.25, 0.3) is 0 Å². The summed E-state index contributed by atoms with van der Waals surface area (Å²) in [5, 5.41) is 10.0. The van der Waals surface area contributed by atoms with Gasteiger partial charge in [-0.15, -0.1) is 0 Å². The average molecular weight is 249 g/mol. The zero-order chi connectivity index (χ0) is 13.5. The Bertz CT molecular complexity index is 411. The minimum Gasteiger partial charge on any atom is -0.507 e. The lowest BCUT2D eigenvalue weighted by Gasteiger charge is -2.13. The van der Waals surface area contributed by atoms with Gasteiger partial charge < -0.3 is 9.84 Å². The fourth-order valence-corrected chi connectivity index (χ4v) is 1.77. The molecule has 0 amide bonds. The van der Waals surface area contributed by atoms with E-state index in [0.717, 1.165) is 30.5 Å². The number of unbranched alkanes of at least 4 members (excludes halogenated alkanes) is 1. The number of methoxy groups -OCH3 is 1. The molecule has 0 saturated heterocycles. The van der Waals surface area contributed by atoms with Crippen molar-refractivity contribution in [1.29, 1.82) is 0 Å². The van der Waals surface area contributed by atoms with E-state index in [9.17, 15) is 5.11 Å². The number of hydrogen-bond donors (Lipinski definition) is 1. The first kappa shape index (κ1) is 14.6. The van der Waals surface area contributed by atoms with Crippen molar-refractivity contribution < 1.29 is 9.84 Å². The molecule has 0 saturated carbocycles. The third-order valence-electron chi connectivity index (χ3n) is 2.88. The van der Waals surface area contributed by atoms with Gasteiger partial charge in [0.15, 0.2) is 0 Å². The largest absolute Gasteiger partial charge is 0.507 e. The summed E-state index contributed by atoms with van der Waals surface area (Å²) in [6.07, 6.45) is 3.98. The molecule has 0 spiro atoms. The van der Waals surface area contributed by atoms with Gasteiger partial charge in [0, 0.05) is 24.4 Å². The van der Waals surface area contributed by atoms with E-state index in [0.29, 0.717) is 11.7 Å². The van der Waals surface area contributed by atoms with Gasteiger partial charge in [-0.05, 0) is 24.0 Å². The Kier molecular flexibility index (Phi) is 5.69. The van der Waals surface area contributed by atoms with E-state index in [-0.39, 0.29) is 5.75 Å². The lowest BCUT2D eigenvalue weighted by molar-refractivity contribution is 0.406. The number of aliphatic imine (C=N–C) groups is 1. The molecule has 0 fully saturated rings. The van der Waals surface area contributed by atoms with Crippen LogP contribution in [0, 0.1) is 0 Å². The second kappa shape index (κ2) is 7.04. The normalized spacial score (nSPS) is 11.4. The number of aromatic hydroxyl groups is 1. The Labute approximate surface area is 110 Å². The standard InChI is InChI=1S/C15H23NO2/c1-5-6-7-16-10-14-13(11(2)3)8-12(18-4)9-15(14)17/h8-11,17H,5-7H2,1-4H3. The third kappa shape index (κ3) is 3.76. The Morgan fingerprint density at radius 3 is 2.67 bits per heavy atom. The van der Waals surface area contributed by atoms with Crippen molar-refractivity contribution >= 4 is 6.21 Å². The van der Waals surface area contributed by atoms with Crippen molar-refractivity contribution in [3.05, 3.63) is 23.3 Å². The van der Waals surface area contributed by atoms with Gasteiger partial charge in [0.05, 0.1) is 7.11 Å². The van der Waals surface area contributed by atoms with Crippen molar-refractivity contribution in [1.82, 2.24) is 0 Å². The first-order valence-corrected chi connectivity index (χ1v) is 6.50. The predicted octanol–water partition coefficient (Wildman–Crippen LogP) is 3.74. The van der Waals surface area contributed by atoms with Crippen LogP contribution in [0.3, 0.4) is 0 Å². The number of phenolic OH excluding ortho intramolecular Hbond substituents is 1. The molecule has 1 N–H and O–H groups in total. The first-order valence-electron chi connectivity index (χ1n) is 6.50. The maximum absolute atomic E-state index is 10.0. The highest BCUT2D eigenvalue weighted by molar-refractivity contribution is 5.86. The smallest absolute Gasteiger partial charge is 0.128 e. The van der Waals surface area contributed by atoms with Crippen LogP contribution in [-0.2, 0) is 0 Å². The van der Waals surface area contributed by atoms with E-state index in [4.69, 9.17) is 4.74 Å². The summed E-state index contributed by atoms with van der Waals surface area (Å²) >= 11 is 0. The molecule has 1 rings (SSSR count). The SMILES string of the molecule is CCCCN=Cc1c(O)cc(OC)cc1C(C)C. The van der Waals surface area contributed by atoms with Crippen LogP contribution in [-0.4, -0.2) is 25.0 Å². The van der Waals surface area contributed by atoms with Crippen LogP contribution in [0.4, 0.5) is 0 Å². The quantitative estimate of drug-likeness (QED) is 0.616. The molecule has 0 heterocycles. The van der Waals surface area contributed by atoms with Gasteiger partial charge in [-0.3, -0.25) is 4.99 Å². The summed E-state index contributed by atoms with van der Waals surface area (Å²) in [4.78, 5) is 4.36. The molecular formula is C15H23NO2. The van der Waals surface area contributed by atoms with Crippen LogP contribution in [0.1, 0.15) is 50.7 Å². The molecular weight excluding hydrogens is 226 g/mol. The van der Waals surface area contributed by atoms with Crippen molar-refractivity contribution in [2.24, 2.45) is 4.99 Å². The summed E-state index contributed by atoms with van der Waals surface area (Å²) in [6, 6.07) is 3.60. The monoisotopic (exact) mass is 249 g/mol. The molecule has 1 aromatic carbocycles. The molecule has 0 aromatic heterocycles. The van der Waals surface area contributed by atoms with E-state index in [1.807, 2.05) is 6.07 Å². The molecule has 0 unspecified atom stereocenters. The molecule has 0 atom stereocenters. The van der Waals surface area contributed by atoms with Gasteiger partial charge in [-0.25, -0.2) is 0 Å². The highest BCUT2D eigenvalue weighted by Gasteiger charge is 2.12. The van der Waals surface area contributed by atoms with Crippen molar-refractivity contribution in [2.75, 3.05) is 13.7 Å². The van der Waals surface area contributed by atoms with E-state index < -0.39 is 0 Å². The third-order valence-corrected chi connectivity index (χ3v) is 2.88. The molecule has 100 valence electrons. The molecule has 0 aliphatic heterocycles. The second-order valence-corrected chi connectivity index (χ2v) is 4.69. The van der Waals surface area contributed by atoms with Crippen LogP contribution in [0.25, 0.3) is 0 Å². The number of phenols is 1. The van der Waals surface area contributed by atoms with Gasteiger partial charge in [-0.2, -0.15) is 0 Å². The predicted molar refractivity (Wildman–Crippen MR) is 76.1 cm³/mol. The van der Waals surface area contributed by atoms with Crippen LogP contribution >= 0.6 is 0 Å². The number of rotatable bonds is 6. The number of nitrogens with zero attached hydrogens (tertiary/aromatic N) is 1. The maximum atomic E-state index is 10.0. The fraction of sp³-hybridized carbons (Fsp3) is 0.533. The maximum Gasteiger partial charge on any atom is 0.128 e. The number of hydrogen-bond acceptors (Lipinski definition) is 3. The fourth-order valence-electron chi connectivity index (χ4n) is 1.77. The van der Waals surface area contributed by atoms with Gasteiger partial charge >= 0.3 is 0 Å². The Balaban J connectivity index is 3.04. The minimum atomic E-state index is 0.235. The first-order chi connectivity index (χ1) is 8.60. The summed E-state index contributed by atoms with van der Waals surface area (Å²) in [5.41, 5.74) is 1.87. The number of benzene rings is 1. The Morgan fingerprint density at radius 2 is 2.11 bits per heavy atom. The van der Waals surface area contributed by atoms with Crippen LogP contribution in [0.15, 0.2) is 17.1 Å². The van der Waals surface area contributed by atoms with Crippen molar-refractivity contribution in [2.45, 2.75) is 39.5 Å². The minimum absolute atomic E-state index is 0.235. The Morgan fingerprint density at radius 1 is 1.39 bits per heavy atom. The van der Waals surface area contributed by atoms with Crippen molar-refractivity contribution in [3.63, 3.8) is 0 Å². The van der Waals surface area contributed by atoms with E-state index in [1.54, 1.807) is 19.4 Å². The highest BCUT2D eigenvalue weighted by Crippen LogP contribution is 2.31. The number of ether oxygens (including phenoxy) is 1. The molecule has 0 aliphatic rings.